The van der Waals surface area contributed by atoms with Gasteiger partial charge in [-0.05, 0) is 44.0 Å². The Morgan fingerprint density at radius 1 is 1.23 bits per heavy atom. The number of nitrogens with zero attached hydrogens (tertiary/aromatic N) is 3. The SMILES string of the molecule is CCOc1ccc(C(=O)CSc2nnc(N(C(=O)CC)C3CC3)s2)cc1. The van der Waals surface area contributed by atoms with E-state index in [2.05, 4.69) is 10.2 Å². The van der Waals surface area contributed by atoms with Crippen LogP contribution in [0.1, 0.15) is 43.5 Å². The average molecular weight is 392 g/mol. The Morgan fingerprint density at radius 3 is 2.58 bits per heavy atom. The minimum Gasteiger partial charge on any atom is -0.494 e. The van der Waals surface area contributed by atoms with Gasteiger partial charge in [-0.15, -0.1) is 10.2 Å². The molecular formula is C18H21N3O3S2. The quantitative estimate of drug-likeness (QED) is 0.368. The van der Waals surface area contributed by atoms with Crippen molar-refractivity contribution in [1.82, 2.24) is 10.2 Å². The number of benzene rings is 1. The minimum atomic E-state index is 0.0264. The standard InChI is InChI=1S/C18H21N3O3S2/c1-3-16(23)21(13-7-8-13)17-19-20-18(26-17)25-11-15(22)12-5-9-14(10-6-12)24-4-2/h5-6,9-10,13H,3-4,7-8,11H2,1-2H3. The van der Waals surface area contributed by atoms with Crippen LogP contribution >= 0.6 is 23.1 Å². The Morgan fingerprint density at radius 2 is 1.96 bits per heavy atom. The van der Waals surface area contributed by atoms with Gasteiger partial charge in [0, 0.05) is 18.0 Å². The number of aromatic nitrogens is 2. The molecule has 26 heavy (non-hydrogen) atoms. The van der Waals surface area contributed by atoms with Crippen LogP contribution in [-0.4, -0.2) is 40.3 Å². The number of hydrogen-bond acceptors (Lipinski definition) is 7. The van der Waals surface area contributed by atoms with Gasteiger partial charge in [0.05, 0.1) is 12.4 Å². The van der Waals surface area contributed by atoms with Crippen LogP contribution in [0, 0.1) is 0 Å². The fraction of sp³-hybridized carbons (Fsp3) is 0.444. The molecule has 0 unspecified atom stereocenters. The molecule has 0 aliphatic heterocycles. The Bertz CT molecular complexity index is 772. The Hall–Kier alpha value is -1.93. The van der Waals surface area contributed by atoms with Gasteiger partial charge >= 0.3 is 0 Å². The third-order valence-electron chi connectivity index (χ3n) is 3.90. The second-order valence-electron chi connectivity index (χ2n) is 5.87. The summed E-state index contributed by atoms with van der Waals surface area (Å²) in [6.45, 7) is 4.37. The molecule has 8 heteroatoms. The Labute approximate surface area is 160 Å². The van der Waals surface area contributed by atoms with E-state index in [0.717, 1.165) is 18.6 Å². The van der Waals surface area contributed by atoms with Crippen LogP contribution in [0.5, 0.6) is 5.75 Å². The van der Waals surface area contributed by atoms with Gasteiger partial charge in [0.2, 0.25) is 11.0 Å². The smallest absolute Gasteiger partial charge is 0.228 e. The molecule has 0 saturated heterocycles. The van der Waals surface area contributed by atoms with Crippen molar-refractivity contribution in [3.8, 4) is 5.75 Å². The van der Waals surface area contributed by atoms with E-state index in [4.69, 9.17) is 4.74 Å². The molecule has 1 fully saturated rings. The lowest BCUT2D eigenvalue weighted by Gasteiger charge is -2.17. The van der Waals surface area contributed by atoms with Crippen LogP contribution < -0.4 is 9.64 Å². The van der Waals surface area contributed by atoms with E-state index in [0.29, 0.717) is 28.1 Å². The van der Waals surface area contributed by atoms with Crippen molar-refractivity contribution in [3.63, 3.8) is 0 Å². The number of ether oxygens (including phenoxy) is 1. The second kappa shape index (κ2) is 8.64. The van der Waals surface area contributed by atoms with E-state index in [9.17, 15) is 9.59 Å². The number of carbonyl (C=O) groups is 2. The van der Waals surface area contributed by atoms with Crippen molar-refractivity contribution >= 4 is 39.9 Å². The molecule has 1 aliphatic rings. The second-order valence-corrected chi connectivity index (χ2v) is 8.05. The number of Topliss-reactive ketones (excluding diaryl/α,β-unsaturated/α-hetero) is 1. The summed E-state index contributed by atoms with van der Waals surface area (Å²) in [4.78, 5) is 26.2. The zero-order chi connectivity index (χ0) is 18.5. The van der Waals surface area contributed by atoms with Gasteiger partial charge in [0.1, 0.15) is 5.75 Å². The van der Waals surface area contributed by atoms with Crippen LogP contribution in [0.15, 0.2) is 28.6 Å². The van der Waals surface area contributed by atoms with Crippen molar-refractivity contribution in [2.75, 3.05) is 17.3 Å². The lowest BCUT2D eigenvalue weighted by atomic mass is 10.1. The third kappa shape index (κ3) is 4.62. The highest BCUT2D eigenvalue weighted by Gasteiger charge is 2.35. The van der Waals surface area contributed by atoms with E-state index < -0.39 is 0 Å². The molecule has 2 aromatic rings. The number of anilines is 1. The number of ketones is 1. The highest BCUT2D eigenvalue weighted by atomic mass is 32.2. The van der Waals surface area contributed by atoms with E-state index in [-0.39, 0.29) is 23.5 Å². The zero-order valence-corrected chi connectivity index (χ0v) is 16.4. The Kier molecular flexibility index (Phi) is 6.26. The molecule has 6 nitrogen and oxygen atoms in total. The molecule has 0 radical (unpaired) electrons. The first kappa shape index (κ1) is 18.8. The fourth-order valence-corrected chi connectivity index (χ4v) is 4.27. The van der Waals surface area contributed by atoms with Gasteiger partial charge in [-0.25, -0.2) is 0 Å². The van der Waals surface area contributed by atoms with Crippen LogP contribution in [-0.2, 0) is 4.79 Å². The zero-order valence-electron chi connectivity index (χ0n) is 14.8. The summed E-state index contributed by atoms with van der Waals surface area (Å²) in [5.41, 5.74) is 0.645. The average Bonchev–Trinajstić information content (AvgIpc) is 3.38. The summed E-state index contributed by atoms with van der Waals surface area (Å²) in [6.07, 6.45) is 2.49. The van der Waals surface area contributed by atoms with Crippen LogP contribution in [0.3, 0.4) is 0 Å². The van der Waals surface area contributed by atoms with Gasteiger partial charge in [-0.2, -0.15) is 0 Å². The van der Waals surface area contributed by atoms with E-state index in [1.54, 1.807) is 29.2 Å². The first-order chi connectivity index (χ1) is 12.6. The summed E-state index contributed by atoms with van der Waals surface area (Å²) in [6, 6.07) is 7.41. The van der Waals surface area contributed by atoms with E-state index >= 15 is 0 Å². The maximum Gasteiger partial charge on any atom is 0.228 e. The number of amides is 1. The molecule has 1 saturated carbocycles. The van der Waals surface area contributed by atoms with Crippen molar-refractivity contribution in [1.29, 1.82) is 0 Å². The maximum atomic E-state index is 12.3. The number of thioether (sulfide) groups is 1. The van der Waals surface area contributed by atoms with Crippen LogP contribution in [0.4, 0.5) is 5.13 Å². The van der Waals surface area contributed by atoms with Gasteiger partial charge < -0.3 is 4.74 Å². The molecule has 1 aliphatic carbocycles. The molecule has 0 spiro atoms. The Balaban J connectivity index is 1.58. The van der Waals surface area contributed by atoms with Crippen molar-refractivity contribution < 1.29 is 14.3 Å². The molecule has 1 amide bonds. The summed E-state index contributed by atoms with van der Waals surface area (Å²) in [5, 5.41) is 8.92. The maximum absolute atomic E-state index is 12.3. The lowest BCUT2D eigenvalue weighted by Crippen LogP contribution is -2.32. The lowest BCUT2D eigenvalue weighted by molar-refractivity contribution is -0.118. The first-order valence-electron chi connectivity index (χ1n) is 8.66. The summed E-state index contributed by atoms with van der Waals surface area (Å²) < 4.78 is 6.09. The summed E-state index contributed by atoms with van der Waals surface area (Å²) in [5.74, 6) is 1.14. The van der Waals surface area contributed by atoms with Crippen molar-refractivity contribution in [3.05, 3.63) is 29.8 Å². The van der Waals surface area contributed by atoms with E-state index in [1.165, 1.54) is 23.1 Å². The molecular weight excluding hydrogens is 370 g/mol. The van der Waals surface area contributed by atoms with Crippen LogP contribution in [0.25, 0.3) is 0 Å². The molecule has 1 heterocycles. The molecule has 138 valence electrons. The molecule has 0 N–H and O–H groups in total. The normalized spacial score (nSPS) is 13.5. The van der Waals surface area contributed by atoms with Gasteiger partial charge in [0.15, 0.2) is 10.1 Å². The van der Waals surface area contributed by atoms with Crippen molar-refractivity contribution in [2.24, 2.45) is 0 Å². The minimum absolute atomic E-state index is 0.0264. The largest absolute Gasteiger partial charge is 0.494 e. The molecule has 1 aromatic heterocycles. The number of hydrogen-bond donors (Lipinski definition) is 0. The first-order valence-corrected chi connectivity index (χ1v) is 10.5. The predicted octanol–water partition coefficient (Wildman–Crippen LogP) is 3.82. The third-order valence-corrected chi connectivity index (χ3v) is 5.95. The number of carbonyl (C=O) groups excluding carboxylic acids is 2. The number of rotatable bonds is 9. The predicted molar refractivity (Wildman–Crippen MR) is 103 cm³/mol. The topological polar surface area (TPSA) is 72.4 Å². The van der Waals surface area contributed by atoms with Gasteiger partial charge in [0.25, 0.3) is 0 Å². The van der Waals surface area contributed by atoms with Gasteiger partial charge in [-0.1, -0.05) is 30.0 Å². The molecule has 1 aromatic carbocycles. The summed E-state index contributed by atoms with van der Waals surface area (Å²) in [7, 11) is 0. The van der Waals surface area contributed by atoms with Crippen molar-refractivity contribution in [2.45, 2.75) is 43.5 Å². The van der Waals surface area contributed by atoms with Crippen LogP contribution in [0.2, 0.25) is 0 Å². The summed E-state index contributed by atoms with van der Waals surface area (Å²) >= 11 is 2.73. The fourth-order valence-electron chi connectivity index (χ4n) is 2.44. The van der Waals surface area contributed by atoms with E-state index in [1.807, 2.05) is 13.8 Å². The highest BCUT2D eigenvalue weighted by Crippen LogP contribution is 2.36. The monoisotopic (exact) mass is 391 g/mol. The molecule has 0 atom stereocenters. The van der Waals surface area contributed by atoms with Gasteiger partial charge in [-0.3, -0.25) is 14.5 Å². The molecule has 3 rings (SSSR count). The molecule has 0 bridgehead atoms. The highest BCUT2D eigenvalue weighted by molar-refractivity contribution is 8.01.